The van der Waals surface area contributed by atoms with E-state index >= 15 is 0 Å². The number of carbonyl (C=O) groups excluding carboxylic acids is 1. The highest BCUT2D eigenvalue weighted by Crippen LogP contribution is 2.34. The summed E-state index contributed by atoms with van der Waals surface area (Å²) in [6, 6.07) is 14.4. The number of fused-ring (bicyclic) bond motifs is 1. The number of ether oxygens (including phenoxy) is 1. The molecule has 0 radical (unpaired) electrons. The quantitative estimate of drug-likeness (QED) is 0.692. The van der Waals surface area contributed by atoms with Crippen LogP contribution in [0.4, 0.5) is 5.69 Å². The van der Waals surface area contributed by atoms with Crippen LogP contribution in [-0.2, 0) is 16.1 Å². The Hall–Kier alpha value is -2.66. The van der Waals surface area contributed by atoms with Crippen LogP contribution in [0.25, 0.3) is 11.0 Å². The monoisotopic (exact) mass is 363 g/mol. The van der Waals surface area contributed by atoms with Gasteiger partial charge in [0.1, 0.15) is 5.82 Å². The third kappa shape index (κ3) is 3.23. The lowest BCUT2D eigenvalue weighted by Gasteiger charge is -2.20. The Morgan fingerprint density at radius 3 is 2.78 bits per heavy atom. The van der Waals surface area contributed by atoms with Crippen molar-refractivity contribution in [1.29, 1.82) is 0 Å². The average molecular weight is 363 g/mol. The summed E-state index contributed by atoms with van der Waals surface area (Å²) >= 11 is 0. The van der Waals surface area contributed by atoms with Gasteiger partial charge in [-0.3, -0.25) is 4.79 Å². The number of methoxy groups -OCH3 is 1. The summed E-state index contributed by atoms with van der Waals surface area (Å²) in [4.78, 5) is 19.6. The number of hydrogen-bond acceptors (Lipinski definition) is 3. The minimum Gasteiger partial charge on any atom is -0.383 e. The number of aromatic nitrogens is 2. The number of carbonyl (C=O) groups is 1. The van der Waals surface area contributed by atoms with E-state index in [9.17, 15) is 4.79 Å². The van der Waals surface area contributed by atoms with Crippen molar-refractivity contribution in [3.63, 3.8) is 0 Å². The molecule has 1 aromatic heterocycles. The summed E-state index contributed by atoms with van der Waals surface area (Å²) < 4.78 is 7.50. The molecule has 5 nitrogen and oxygen atoms in total. The van der Waals surface area contributed by atoms with Gasteiger partial charge in [0.05, 0.1) is 17.6 Å². The van der Waals surface area contributed by atoms with E-state index in [1.54, 1.807) is 7.11 Å². The molecule has 1 amide bonds. The molecule has 1 atom stereocenters. The molecule has 0 N–H and O–H groups in total. The molecule has 2 heterocycles. The number of benzene rings is 2. The van der Waals surface area contributed by atoms with Crippen molar-refractivity contribution in [3.05, 3.63) is 59.4 Å². The van der Waals surface area contributed by atoms with Crippen molar-refractivity contribution >= 4 is 22.6 Å². The van der Waals surface area contributed by atoms with E-state index in [2.05, 4.69) is 42.7 Å². The van der Waals surface area contributed by atoms with Crippen LogP contribution >= 0.6 is 0 Å². The van der Waals surface area contributed by atoms with Crippen LogP contribution < -0.4 is 4.90 Å². The number of aryl methyl sites for hydroxylation is 2. The van der Waals surface area contributed by atoms with E-state index in [1.165, 1.54) is 5.56 Å². The Morgan fingerprint density at radius 2 is 2.00 bits per heavy atom. The van der Waals surface area contributed by atoms with Gasteiger partial charge in [-0.15, -0.1) is 0 Å². The van der Waals surface area contributed by atoms with Gasteiger partial charge in [-0.2, -0.15) is 0 Å². The van der Waals surface area contributed by atoms with Gasteiger partial charge in [0, 0.05) is 38.2 Å². The minimum absolute atomic E-state index is 0.0856. The summed E-state index contributed by atoms with van der Waals surface area (Å²) in [5.74, 6) is 1.23. The molecule has 0 spiro atoms. The number of imidazole rings is 1. The van der Waals surface area contributed by atoms with Crippen LogP contribution in [0.3, 0.4) is 0 Å². The van der Waals surface area contributed by atoms with Crippen LogP contribution in [-0.4, -0.2) is 35.7 Å². The number of hydrogen-bond donors (Lipinski definition) is 0. The predicted octanol–water partition coefficient (Wildman–Crippen LogP) is 3.82. The lowest BCUT2D eigenvalue weighted by atomic mass is 10.1. The Balaban J connectivity index is 1.69. The number of rotatable bonds is 5. The molecule has 1 aliphatic heterocycles. The first-order valence-corrected chi connectivity index (χ1v) is 9.40. The fraction of sp³-hybridized carbons (Fsp3) is 0.364. The maximum Gasteiger partial charge on any atom is 0.227 e. The van der Waals surface area contributed by atoms with Gasteiger partial charge < -0.3 is 14.2 Å². The normalized spacial score (nSPS) is 17.2. The second-order valence-electron chi connectivity index (χ2n) is 7.30. The van der Waals surface area contributed by atoms with Crippen molar-refractivity contribution in [1.82, 2.24) is 9.55 Å². The molecule has 4 rings (SSSR count). The first kappa shape index (κ1) is 17.7. The summed E-state index contributed by atoms with van der Waals surface area (Å²) in [5.41, 5.74) is 5.42. The first-order valence-electron chi connectivity index (χ1n) is 9.40. The van der Waals surface area contributed by atoms with Gasteiger partial charge >= 0.3 is 0 Å². The molecule has 0 aliphatic carbocycles. The molecule has 27 heavy (non-hydrogen) atoms. The predicted molar refractivity (Wildman–Crippen MR) is 107 cm³/mol. The number of para-hydroxylation sites is 2. The number of anilines is 1. The smallest absolute Gasteiger partial charge is 0.227 e. The number of amides is 1. The molecule has 0 saturated carbocycles. The minimum atomic E-state index is 0.0856. The fourth-order valence-electron chi connectivity index (χ4n) is 4.04. The van der Waals surface area contributed by atoms with Crippen LogP contribution in [0.5, 0.6) is 0 Å². The Kier molecular flexibility index (Phi) is 4.70. The van der Waals surface area contributed by atoms with Crippen molar-refractivity contribution in [2.45, 2.75) is 32.7 Å². The molecule has 0 unspecified atom stereocenters. The van der Waals surface area contributed by atoms with E-state index in [0.29, 0.717) is 19.6 Å². The van der Waals surface area contributed by atoms with Gasteiger partial charge in [0.25, 0.3) is 0 Å². The van der Waals surface area contributed by atoms with Gasteiger partial charge in [-0.1, -0.05) is 29.8 Å². The zero-order chi connectivity index (χ0) is 19.0. The molecule has 1 saturated heterocycles. The van der Waals surface area contributed by atoms with Crippen molar-refractivity contribution in [3.8, 4) is 0 Å². The SMILES string of the molecule is COCCn1c([C@H]2CC(=O)N(c3ccc(C)cc3C)C2)nc2ccccc21. The van der Waals surface area contributed by atoms with Gasteiger partial charge in [-0.05, 0) is 37.6 Å². The summed E-state index contributed by atoms with van der Waals surface area (Å²) in [5, 5.41) is 0. The lowest BCUT2D eigenvalue weighted by Crippen LogP contribution is -2.25. The maximum atomic E-state index is 12.8. The third-order valence-electron chi connectivity index (χ3n) is 5.34. The van der Waals surface area contributed by atoms with Crippen LogP contribution in [0.15, 0.2) is 42.5 Å². The fourth-order valence-corrected chi connectivity index (χ4v) is 4.04. The highest BCUT2D eigenvalue weighted by molar-refractivity contribution is 5.97. The van der Waals surface area contributed by atoms with Crippen molar-refractivity contribution < 1.29 is 9.53 Å². The van der Waals surface area contributed by atoms with E-state index in [0.717, 1.165) is 34.7 Å². The van der Waals surface area contributed by atoms with E-state index in [-0.39, 0.29) is 11.8 Å². The molecular weight excluding hydrogens is 338 g/mol. The van der Waals surface area contributed by atoms with Crippen LogP contribution in [0, 0.1) is 13.8 Å². The van der Waals surface area contributed by atoms with Crippen LogP contribution in [0.2, 0.25) is 0 Å². The van der Waals surface area contributed by atoms with E-state index < -0.39 is 0 Å². The van der Waals surface area contributed by atoms with Crippen molar-refractivity contribution in [2.75, 3.05) is 25.2 Å². The largest absolute Gasteiger partial charge is 0.383 e. The molecule has 2 aromatic carbocycles. The van der Waals surface area contributed by atoms with Crippen molar-refractivity contribution in [2.24, 2.45) is 0 Å². The molecule has 3 aromatic rings. The average Bonchev–Trinajstić information content (AvgIpc) is 3.20. The molecular formula is C22H25N3O2. The van der Waals surface area contributed by atoms with Crippen LogP contribution in [0.1, 0.15) is 29.3 Å². The molecule has 0 bridgehead atoms. The standard InChI is InChI=1S/C22H25N3O2/c1-15-8-9-19(16(2)12-15)25-14-17(13-21(25)26)22-23-18-6-4-5-7-20(18)24(22)10-11-27-3/h4-9,12,17H,10-11,13-14H2,1-3H3/t17-/m0/s1. The highest BCUT2D eigenvalue weighted by atomic mass is 16.5. The molecule has 5 heteroatoms. The Bertz CT molecular complexity index is 992. The number of nitrogens with zero attached hydrogens (tertiary/aromatic N) is 3. The highest BCUT2D eigenvalue weighted by Gasteiger charge is 2.35. The summed E-state index contributed by atoms with van der Waals surface area (Å²) in [6.07, 6.45) is 0.490. The van der Waals surface area contributed by atoms with Gasteiger partial charge in [0.2, 0.25) is 5.91 Å². The first-order chi connectivity index (χ1) is 13.1. The second kappa shape index (κ2) is 7.16. The lowest BCUT2D eigenvalue weighted by molar-refractivity contribution is -0.117. The zero-order valence-electron chi connectivity index (χ0n) is 16.1. The van der Waals surface area contributed by atoms with E-state index in [4.69, 9.17) is 9.72 Å². The van der Waals surface area contributed by atoms with Gasteiger partial charge in [0.15, 0.2) is 0 Å². The Morgan fingerprint density at radius 1 is 1.19 bits per heavy atom. The van der Waals surface area contributed by atoms with Gasteiger partial charge in [-0.25, -0.2) is 4.98 Å². The topological polar surface area (TPSA) is 47.4 Å². The summed E-state index contributed by atoms with van der Waals surface area (Å²) in [6.45, 7) is 6.16. The second-order valence-corrected chi connectivity index (χ2v) is 7.30. The maximum absolute atomic E-state index is 12.8. The zero-order valence-corrected chi connectivity index (χ0v) is 16.1. The molecule has 140 valence electrons. The van der Waals surface area contributed by atoms with E-state index in [1.807, 2.05) is 23.1 Å². The summed E-state index contributed by atoms with van der Waals surface area (Å²) in [7, 11) is 1.71. The molecule has 1 fully saturated rings. The third-order valence-corrected chi connectivity index (χ3v) is 5.34. The Labute approximate surface area is 159 Å². The molecule has 1 aliphatic rings.